The topological polar surface area (TPSA) is 38.7 Å². The van der Waals surface area contributed by atoms with Crippen molar-refractivity contribution in [2.45, 2.75) is 19.9 Å². The molecule has 0 radical (unpaired) electrons. The van der Waals surface area contributed by atoms with Crippen molar-refractivity contribution in [1.29, 1.82) is 0 Å². The summed E-state index contributed by atoms with van der Waals surface area (Å²) in [5, 5.41) is 0. The molecule has 3 heteroatoms. The van der Waals surface area contributed by atoms with E-state index in [-0.39, 0.29) is 5.78 Å². The number of carbonyl (C=O) groups is 1. The van der Waals surface area contributed by atoms with E-state index in [1.165, 1.54) is 0 Å². The Morgan fingerprint density at radius 1 is 1.10 bits per heavy atom. The fourth-order valence-electron chi connectivity index (χ4n) is 1.91. The fraction of sp³-hybridized carbons (Fsp3) is 0.222. The van der Waals surface area contributed by atoms with Crippen LogP contribution in [0.3, 0.4) is 0 Å². The number of rotatable bonds is 6. The van der Waals surface area contributed by atoms with Crippen LogP contribution in [0.4, 0.5) is 0 Å². The molecule has 2 rings (SSSR count). The molecule has 0 saturated heterocycles. The zero-order chi connectivity index (χ0) is 15.1. The lowest BCUT2D eigenvalue weighted by Crippen LogP contribution is -1.99. The second-order valence-corrected chi connectivity index (χ2v) is 4.86. The van der Waals surface area contributed by atoms with E-state index < -0.39 is 0 Å². The zero-order valence-corrected chi connectivity index (χ0v) is 12.4. The number of aliphatic imine (C=N–C) groups is 1. The molecule has 0 bridgehead atoms. The van der Waals surface area contributed by atoms with Crippen LogP contribution in [0.25, 0.3) is 0 Å². The quantitative estimate of drug-likeness (QED) is 0.596. The molecule has 0 unspecified atom stereocenters. The van der Waals surface area contributed by atoms with Gasteiger partial charge in [0.05, 0.1) is 13.7 Å². The second kappa shape index (κ2) is 7.39. The van der Waals surface area contributed by atoms with E-state index in [1.54, 1.807) is 13.3 Å². The maximum absolute atomic E-state index is 11.9. The molecule has 0 N–H and O–H groups in total. The van der Waals surface area contributed by atoms with Crippen LogP contribution in [0, 0.1) is 6.92 Å². The molecular formula is C18H19NO2. The first kappa shape index (κ1) is 15.0. The molecule has 21 heavy (non-hydrogen) atoms. The number of methoxy groups -OCH3 is 1. The summed E-state index contributed by atoms with van der Waals surface area (Å²) >= 11 is 0. The minimum absolute atomic E-state index is 0.0912. The molecule has 108 valence electrons. The van der Waals surface area contributed by atoms with Gasteiger partial charge in [-0.1, -0.05) is 42.0 Å². The Labute approximate surface area is 125 Å². The number of carbonyl (C=O) groups excluding carboxylic acids is 1. The highest BCUT2D eigenvalue weighted by molar-refractivity contribution is 6.03. The second-order valence-electron chi connectivity index (χ2n) is 4.86. The van der Waals surface area contributed by atoms with Crippen LogP contribution >= 0.6 is 0 Å². The largest absolute Gasteiger partial charge is 0.497 e. The lowest BCUT2D eigenvalue weighted by Gasteiger charge is -2.01. The van der Waals surface area contributed by atoms with Gasteiger partial charge in [0.1, 0.15) is 5.75 Å². The maximum atomic E-state index is 11.9. The van der Waals surface area contributed by atoms with E-state index in [2.05, 4.69) is 4.99 Å². The SMILES string of the molecule is COc1ccc(CN=CCC(=O)c2ccc(C)cc2)cc1. The minimum atomic E-state index is 0.0912. The Balaban J connectivity index is 1.84. The molecule has 2 aromatic rings. The van der Waals surface area contributed by atoms with E-state index >= 15 is 0 Å². The average Bonchev–Trinajstić information content (AvgIpc) is 2.52. The first-order valence-electron chi connectivity index (χ1n) is 6.90. The molecule has 0 aliphatic rings. The van der Waals surface area contributed by atoms with Gasteiger partial charge in [-0.25, -0.2) is 0 Å². The van der Waals surface area contributed by atoms with E-state index in [4.69, 9.17) is 4.74 Å². The van der Waals surface area contributed by atoms with E-state index in [9.17, 15) is 4.79 Å². The van der Waals surface area contributed by atoms with Crippen molar-refractivity contribution in [1.82, 2.24) is 0 Å². The first-order valence-corrected chi connectivity index (χ1v) is 6.90. The highest BCUT2D eigenvalue weighted by atomic mass is 16.5. The molecule has 0 spiro atoms. The molecule has 0 aliphatic carbocycles. The predicted octanol–water partition coefficient (Wildman–Crippen LogP) is 3.85. The van der Waals surface area contributed by atoms with Crippen molar-refractivity contribution in [3.8, 4) is 5.75 Å². The third kappa shape index (κ3) is 4.56. The van der Waals surface area contributed by atoms with E-state index in [0.717, 1.165) is 22.4 Å². The molecule has 0 aliphatic heterocycles. The molecule has 0 amide bonds. The van der Waals surface area contributed by atoms with Crippen molar-refractivity contribution in [2.24, 2.45) is 4.99 Å². The third-order valence-electron chi connectivity index (χ3n) is 3.21. The van der Waals surface area contributed by atoms with Gasteiger partial charge >= 0.3 is 0 Å². The van der Waals surface area contributed by atoms with Crippen LogP contribution in [0.2, 0.25) is 0 Å². The lowest BCUT2D eigenvalue weighted by molar-refractivity contribution is 0.100. The van der Waals surface area contributed by atoms with Crippen LogP contribution in [-0.4, -0.2) is 19.1 Å². The lowest BCUT2D eigenvalue weighted by atomic mass is 10.1. The summed E-state index contributed by atoms with van der Waals surface area (Å²) in [4.78, 5) is 16.2. The van der Waals surface area contributed by atoms with Gasteiger partial charge in [0.2, 0.25) is 0 Å². The van der Waals surface area contributed by atoms with Gasteiger partial charge in [-0.15, -0.1) is 0 Å². The van der Waals surface area contributed by atoms with Crippen LogP contribution in [0.5, 0.6) is 5.75 Å². The Hall–Kier alpha value is -2.42. The first-order chi connectivity index (χ1) is 10.2. The molecule has 0 saturated carbocycles. The zero-order valence-electron chi connectivity index (χ0n) is 12.4. The predicted molar refractivity (Wildman–Crippen MR) is 85.3 cm³/mol. The smallest absolute Gasteiger partial charge is 0.168 e. The highest BCUT2D eigenvalue weighted by Crippen LogP contribution is 2.12. The summed E-state index contributed by atoms with van der Waals surface area (Å²) in [6, 6.07) is 15.4. The Morgan fingerprint density at radius 3 is 2.38 bits per heavy atom. The monoisotopic (exact) mass is 281 g/mol. The summed E-state index contributed by atoms with van der Waals surface area (Å²) in [7, 11) is 1.64. The minimum Gasteiger partial charge on any atom is -0.497 e. The van der Waals surface area contributed by atoms with Gasteiger partial charge in [-0.05, 0) is 24.6 Å². The highest BCUT2D eigenvalue weighted by Gasteiger charge is 2.02. The number of aryl methyl sites for hydroxylation is 1. The molecular weight excluding hydrogens is 262 g/mol. The molecule has 3 nitrogen and oxygen atoms in total. The van der Waals surface area contributed by atoms with Crippen molar-refractivity contribution in [2.75, 3.05) is 7.11 Å². The van der Waals surface area contributed by atoms with E-state index in [0.29, 0.717) is 13.0 Å². The molecule has 0 heterocycles. The molecule has 0 fully saturated rings. The summed E-state index contributed by atoms with van der Waals surface area (Å²) in [5.41, 5.74) is 2.98. The van der Waals surface area contributed by atoms with Crippen molar-refractivity contribution in [3.63, 3.8) is 0 Å². The van der Waals surface area contributed by atoms with Crippen LogP contribution in [0.15, 0.2) is 53.5 Å². The number of benzene rings is 2. The molecule has 0 aromatic heterocycles. The van der Waals surface area contributed by atoms with Gasteiger partial charge in [0.25, 0.3) is 0 Å². The van der Waals surface area contributed by atoms with Gasteiger partial charge in [-0.3, -0.25) is 9.79 Å². The van der Waals surface area contributed by atoms with Crippen LogP contribution < -0.4 is 4.74 Å². The number of hydrogen-bond donors (Lipinski definition) is 0. The standard InChI is InChI=1S/C18H19NO2/c1-14-3-7-16(8-4-14)18(20)11-12-19-13-15-5-9-17(21-2)10-6-15/h3-10,12H,11,13H2,1-2H3. The normalized spacial score (nSPS) is 10.8. The number of hydrogen-bond acceptors (Lipinski definition) is 3. The average molecular weight is 281 g/mol. The Bertz CT molecular complexity index is 613. The summed E-state index contributed by atoms with van der Waals surface area (Å²) < 4.78 is 5.10. The van der Waals surface area contributed by atoms with Crippen molar-refractivity contribution < 1.29 is 9.53 Å². The number of ketones is 1. The van der Waals surface area contributed by atoms with Gasteiger partial charge in [-0.2, -0.15) is 0 Å². The maximum Gasteiger partial charge on any atom is 0.168 e. The van der Waals surface area contributed by atoms with Crippen LogP contribution in [-0.2, 0) is 6.54 Å². The van der Waals surface area contributed by atoms with Crippen molar-refractivity contribution >= 4 is 12.0 Å². The fourth-order valence-corrected chi connectivity index (χ4v) is 1.91. The molecule has 0 atom stereocenters. The summed E-state index contributed by atoms with van der Waals surface area (Å²) in [6.45, 7) is 2.58. The summed E-state index contributed by atoms with van der Waals surface area (Å²) in [6.07, 6.45) is 2.02. The van der Waals surface area contributed by atoms with Crippen molar-refractivity contribution in [3.05, 3.63) is 65.2 Å². The number of Topliss-reactive ketones (excluding diaryl/α,β-unsaturated/α-hetero) is 1. The Kier molecular flexibility index (Phi) is 5.27. The summed E-state index contributed by atoms with van der Waals surface area (Å²) in [5.74, 6) is 0.922. The number of ether oxygens (including phenoxy) is 1. The van der Waals surface area contributed by atoms with Gasteiger partial charge in [0, 0.05) is 18.2 Å². The van der Waals surface area contributed by atoms with Gasteiger partial charge in [0.15, 0.2) is 5.78 Å². The Morgan fingerprint density at radius 2 is 1.76 bits per heavy atom. The van der Waals surface area contributed by atoms with Gasteiger partial charge < -0.3 is 4.74 Å². The van der Waals surface area contributed by atoms with E-state index in [1.807, 2.05) is 55.5 Å². The van der Waals surface area contributed by atoms with Crippen LogP contribution in [0.1, 0.15) is 27.9 Å². The third-order valence-corrected chi connectivity index (χ3v) is 3.21. The number of nitrogens with zero attached hydrogens (tertiary/aromatic N) is 1. The molecule has 2 aromatic carbocycles.